The molecule has 3 N–H and O–H groups in total. The number of hydrogen-bond acceptors (Lipinski definition) is 5. The van der Waals surface area contributed by atoms with Gasteiger partial charge in [-0.15, -0.1) is 0 Å². The first-order valence-corrected chi connectivity index (χ1v) is 13.1. The van der Waals surface area contributed by atoms with Crippen molar-refractivity contribution in [1.82, 2.24) is 10.7 Å². The van der Waals surface area contributed by atoms with Gasteiger partial charge in [0.05, 0.1) is 18.5 Å². The summed E-state index contributed by atoms with van der Waals surface area (Å²) in [6, 6.07) is 21.5. The second-order valence-electron chi connectivity index (χ2n) is 8.79. The van der Waals surface area contributed by atoms with Gasteiger partial charge < -0.3 is 15.2 Å². The fourth-order valence-corrected chi connectivity index (χ4v) is 5.15. The maximum Gasteiger partial charge on any atom is 0.408 e. The van der Waals surface area contributed by atoms with E-state index < -0.39 is 23.6 Å². The Morgan fingerprint density at radius 2 is 1.43 bits per heavy atom. The number of anilines is 2. The molecule has 7 nitrogen and oxygen atoms in total. The Kier molecular flexibility index (Phi) is 9.22. The summed E-state index contributed by atoms with van der Waals surface area (Å²) < 4.78 is 6.74. The fraction of sp³-hybridized carbons (Fsp3) is 0.231. The number of amides is 2. The Morgan fingerprint density at radius 1 is 0.943 bits per heavy atom. The number of aromatic hydroxyl groups is 1. The molecule has 0 heterocycles. The number of carbonyl (C=O) groups excluding carboxylic acids is 2. The van der Waals surface area contributed by atoms with Gasteiger partial charge in [0.2, 0.25) is 0 Å². The summed E-state index contributed by atoms with van der Waals surface area (Å²) in [5, 5.41) is 14.5. The lowest BCUT2D eigenvalue weighted by Crippen LogP contribution is -2.53. The molecule has 1 atom stereocenters. The molecule has 0 aliphatic rings. The number of hydrazine groups is 1. The van der Waals surface area contributed by atoms with Crippen molar-refractivity contribution < 1.29 is 19.4 Å². The van der Waals surface area contributed by atoms with Crippen LogP contribution in [0.25, 0.3) is 0 Å². The zero-order chi connectivity index (χ0) is 25.6. The quantitative estimate of drug-likeness (QED) is 0.211. The number of nitrogens with one attached hydrogen (secondary N) is 2. The van der Waals surface area contributed by atoms with Gasteiger partial charge in [0, 0.05) is 6.42 Å². The summed E-state index contributed by atoms with van der Waals surface area (Å²) in [5.41, 5.74) is 4.55. The van der Waals surface area contributed by atoms with E-state index >= 15 is 0 Å². The van der Waals surface area contributed by atoms with Gasteiger partial charge in [0.15, 0.2) is 0 Å². The van der Waals surface area contributed by atoms with E-state index in [1.807, 2.05) is 106 Å². The third kappa shape index (κ3) is 7.99. The number of nitrogens with zero attached hydrogens (tertiary/aromatic N) is 1. The molecule has 0 radical (unpaired) electrons. The van der Waals surface area contributed by atoms with Gasteiger partial charge in [-0.05, 0) is 108 Å². The fourth-order valence-electron chi connectivity index (χ4n) is 3.25. The molecule has 184 valence electrons. The minimum atomic E-state index is -0.934. The number of phenolic OH excluding ortho intramolecular Hbond substituents is 1. The van der Waals surface area contributed by atoms with Gasteiger partial charge in [-0.3, -0.25) is 15.2 Å². The minimum absolute atomic E-state index is 0.190. The van der Waals surface area contributed by atoms with Crippen LogP contribution in [0.1, 0.15) is 26.3 Å². The molecule has 0 aliphatic heterocycles. The Bertz CT molecular complexity index is 1110. The van der Waals surface area contributed by atoms with E-state index in [0.717, 1.165) is 16.9 Å². The molecule has 0 fully saturated rings. The highest BCUT2D eigenvalue weighted by Gasteiger charge is 2.27. The lowest BCUT2D eigenvalue weighted by atomic mass is 10.1. The first kappa shape index (κ1) is 27.1. The van der Waals surface area contributed by atoms with E-state index in [2.05, 4.69) is 10.7 Å². The van der Waals surface area contributed by atoms with Gasteiger partial charge in [0.25, 0.3) is 5.91 Å². The van der Waals surface area contributed by atoms with Crippen LogP contribution < -0.4 is 15.8 Å². The number of hydrogen-bond donors (Lipinski definition) is 3. The third-order valence-corrected chi connectivity index (χ3v) is 6.42. The molecule has 0 aliphatic carbocycles. The molecule has 0 aromatic heterocycles. The average molecular weight is 699 g/mol. The first-order valence-electron chi connectivity index (χ1n) is 10.9. The zero-order valence-corrected chi connectivity index (χ0v) is 23.9. The van der Waals surface area contributed by atoms with Crippen molar-refractivity contribution in [3.63, 3.8) is 0 Å². The van der Waals surface area contributed by atoms with E-state index in [1.165, 1.54) is 0 Å². The molecule has 0 spiro atoms. The maximum atomic E-state index is 13.6. The first-order chi connectivity index (χ1) is 16.5. The molecule has 35 heavy (non-hydrogen) atoms. The van der Waals surface area contributed by atoms with Crippen LogP contribution in [-0.4, -0.2) is 28.7 Å². The predicted molar refractivity (Wildman–Crippen MR) is 154 cm³/mol. The number of para-hydroxylation sites is 2. The van der Waals surface area contributed by atoms with Crippen molar-refractivity contribution >= 4 is 68.6 Å². The number of phenols is 1. The van der Waals surface area contributed by atoms with Crippen LogP contribution in [0.3, 0.4) is 0 Å². The highest BCUT2D eigenvalue weighted by Crippen LogP contribution is 2.28. The average Bonchev–Trinajstić information content (AvgIpc) is 2.80. The summed E-state index contributed by atoms with van der Waals surface area (Å²) >= 11 is 4.09. The van der Waals surface area contributed by atoms with Crippen LogP contribution >= 0.6 is 45.2 Å². The molecule has 3 aromatic rings. The molecule has 3 rings (SSSR count). The summed E-state index contributed by atoms with van der Waals surface area (Å²) in [6.07, 6.45) is -0.485. The van der Waals surface area contributed by atoms with Crippen LogP contribution in [0.4, 0.5) is 16.2 Å². The van der Waals surface area contributed by atoms with Gasteiger partial charge in [-0.2, -0.15) is 0 Å². The number of halogens is 2. The van der Waals surface area contributed by atoms with Crippen LogP contribution in [0.15, 0.2) is 72.8 Å². The summed E-state index contributed by atoms with van der Waals surface area (Å²) in [7, 11) is 0. The number of ether oxygens (including phenoxy) is 1. The highest BCUT2D eigenvalue weighted by molar-refractivity contribution is 14.1. The smallest absolute Gasteiger partial charge is 0.408 e. The molecule has 0 saturated heterocycles. The number of alkyl carbamates (subject to hydrolysis) is 1. The SMILES string of the molecule is CC(C)(C)OC(=O)N[C@@H](Cc1cc(I)c(O)c(I)c1)C(=O)NN(c1ccccc1)c1ccccc1. The van der Waals surface area contributed by atoms with E-state index in [9.17, 15) is 14.7 Å². The summed E-state index contributed by atoms with van der Waals surface area (Å²) in [5.74, 6) is -0.225. The Hall–Kier alpha value is -2.54. The van der Waals surface area contributed by atoms with E-state index in [-0.39, 0.29) is 12.2 Å². The normalized spacial score (nSPS) is 11.9. The molecule has 0 unspecified atom stereocenters. The van der Waals surface area contributed by atoms with Crippen molar-refractivity contribution in [3.05, 3.63) is 85.5 Å². The molecule has 9 heteroatoms. The molecular formula is C26H27I2N3O4. The van der Waals surface area contributed by atoms with Crippen LogP contribution in [-0.2, 0) is 16.0 Å². The largest absolute Gasteiger partial charge is 0.506 e. The van der Waals surface area contributed by atoms with Crippen molar-refractivity contribution in [1.29, 1.82) is 0 Å². The van der Waals surface area contributed by atoms with Crippen molar-refractivity contribution in [2.45, 2.75) is 38.8 Å². The van der Waals surface area contributed by atoms with Crippen LogP contribution in [0, 0.1) is 7.14 Å². The zero-order valence-electron chi connectivity index (χ0n) is 19.6. The predicted octanol–water partition coefficient (Wildman–Crippen LogP) is 5.91. The van der Waals surface area contributed by atoms with E-state index in [4.69, 9.17) is 4.74 Å². The summed E-state index contributed by atoms with van der Waals surface area (Å²) in [4.78, 5) is 26.2. The number of carbonyl (C=O) groups is 2. The molecule has 2 amide bonds. The van der Waals surface area contributed by atoms with Crippen molar-refractivity contribution in [3.8, 4) is 5.75 Å². The minimum Gasteiger partial charge on any atom is -0.506 e. The van der Waals surface area contributed by atoms with Gasteiger partial charge in [0.1, 0.15) is 17.4 Å². The lowest BCUT2D eigenvalue weighted by molar-refractivity contribution is -0.123. The van der Waals surface area contributed by atoms with Crippen molar-refractivity contribution in [2.75, 3.05) is 5.01 Å². The Balaban J connectivity index is 1.91. The lowest BCUT2D eigenvalue weighted by Gasteiger charge is -2.29. The molecule has 0 saturated carbocycles. The van der Waals surface area contributed by atoms with Gasteiger partial charge >= 0.3 is 6.09 Å². The molecule has 3 aromatic carbocycles. The van der Waals surface area contributed by atoms with Gasteiger partial charge in [-0.1, -0.05) is 36.4 Å². The monoisotopic (exact) mass is 699 g/mol. The second kappa shape index (κ2) is 11.9. The topological polar surface area (TPSA) is 90.9 Å². The van der Waals surface area contributed by atoms with E-state index in [0.29, 0.717) is 7.14 Å². The van der Waals surface area contributed by atoms with Crippen LogP contribution in [0.2, 0.25) is 0 Å². The number of rotatable bonds is 7. The third-order valence-electron chi connectivity index (χ3n) is 4.77. The Morgan fingerprint density at radius 3 is 1.89 bits per heavy atom. The van der Waals surface area contributed by atoms with Crippen LogP contribution in [0.5, 0.6) is 5.75 Å². The summed E-state index contributed by atoms with van der Waals surface area (Å²) in [6.45, 7) is 5.29. The van der Waals surface area contributed by atoms with Gasteiger partial charge in [-0.25, -0.2) is 4.79 Å². The van der Waals surface area contributed by atoms with E-state index in [1.54, 1.807) is 37.9 Å². The molecular weight excluding hydrogens is 672 g/mol. The number of benzene rings is 3. The van der Waals surface area contributed by atoms with Crippen molar-refractivity contribution in [2.24, 2.45) is 0 Å². The standard InChI is InChI=1S/C26H27I2N3O4/c1-26(2,3)35-25(34)29-22(16-17-14-20(27)23(32)21(28)15-17)24(33)30-31(18-10-6-4-7-11-18)19-12-8-5-9-13-19/h4-15,22,32H,16H2,1-3H3,(H,29,34)(H,30,33)/t22-/m0/s1. The highest BCUT2D eigenvalue weighted by atomic mass is 127. The maximum absolute atomic E-state index is 13.6. The second-order valence-corrected chi connectivity index (χ2v) is 11.1. The Labute approximate surface area is 232 Å². The molecule has 0 bridgehead atoms.